The van der Waals surface area contributed by atoms with Crippen LogP contribution in [0.5, 0.6) is 0 Å². The highest BCUT2D eigenvalue weighted by Crippen LogP contribution is 2.33. The molecule has 1 fully saturated rings. The number of fused-ring (bicyclic) bond motifs is 1. The highest BCUT2D eigenvalue weighted by Gasteiger charge is 2.34. The van der Waals surface area contributed by atoms with E-state index in [1.54, 1.807) is 19.1 Å². The van der Waals surface area contributed by atoms with Gasteiger partial charge in [-0.1, -0.05) is 17.7 Å². The molecule has 0 amide bonds. The van der Waals surface area contributed by atoms with Gasteiger partial charge in [-0.3, -0.25) is 14.3 Å². The van der Waals surface area contributed by atoms with Gasteiger partial charge < -0.3 is 10.1 Å². The minimum absolute atomic E-state index is 0.174. The largest absolute Gasteiger partial charge is 0.381 e. The second kappa shape index (κ2) is 6.92. The van der Waals surface area contributed by atoms with Crippen molar-refractivity contribution in [3.05, 3.63) is 61.5 Å². The molecule has 2 aliphatic heterocycles. The monoisotopic (exact) mass is 377 g/mol. The fraction of sp³-hybridized carbons (Fsp3) is 0.474. The first-order valence-electron chi connectivity index (χ1n) is 9.08. The first-order chi connectivity index (χ1) is 13.0. The smallest absolute Gasteiger partial charge is 0.330 e. The summed E-state index contributed by atoms with van der Waals surface area (Å²) < 4.78 is 35.6. The molecule has 8 heteroatoms. The van der Waals surface area contributed by atoms with Crippen molar-refractivity contribution in [1.29, 1.82) is 0 Å². The van der Waals surface area contributed by atoms with E-state index in [0.717, 1.165) is 5.56 Å². The van der Waals surface area contributed by atoms with E-state index < -0.39 is 29.3 Å². The summed E-state index contributed by atoms with van der Waals surface area (Å²) in [6.07, 6.45) is -0.550. The zero-order chi connectivity index (χ0) is 19.1. The number of aromatic amines is 1. The average Bonchev–Trinajstić information content (AvgIpc) is 2.65. The SMILES string of the molecule is Cc1ccc(F)c([C@H]2Nc3[nH]c(=O)n(C4CCOCC4)c(=O)c3C[C@H]2F)c1. The molecule has 144 valence electrons. The van der Waals surface area contributed by atoms with E-state index in [4.69, 9.17) is 4.74 Å². The van der Waals surface area contributed by atoms with Crippen molar-refractivity contribution in [2.24, 2.45) is 0 Å². The maximum Gasteiger partial charge on any atom is 0.330 e. The molecule has 2 N–H and O–H groups in total. The summed E-state index contributed by atoms with van der Waals surface area (Å²) in [6, 6.07) is 3.25. The van der Waals surface area contributed by atoms with Crippen LogP contribution in [-0.4, -0.2) is 28.9 Å². The van der Waals surface area contributed by atoms with E-state index in [0.29, 0.717) is 26.1 Å². The third kappa shape index (κ3) is 3.18. The van der Waals surface area contributed by atoms with Crippen LogP contribution < -0.4 is 16.6 Å². The van der Waals surface area contributed by atoms with Crippen molar-refractivity contribution in [3.63, 3.8) is 0 Å². The van der Waals surface area contributed by atoms with Crippen LogP contribution in [0.4, 0.5) is 14.6 Å². The molecule has 0 spiro atoms. The predicted octanol–water partition coefficient (Wildman–Crippen LogP) is 2.38. The molecule has 4 rings (SSSR count). The highest BCUT2D eigenvalue weighted by molar-refractivity contribution is 5.49. The van der Waals surface area contributed by atoms with Crippen molar-refractivity contribution < 1.29 is 13.5 Å². The molecular weight excluding hydrogens is 356 g/mol. The van der Waals surface area contributed by atoms with Crippen LogP contribution in [0.15, 0.2) is 27.8 Å². The van der Waals surface area contributed by atoms with E-state index in [1.807, 2.05) is 0 Å². The molecule has 0 radical (unpaired) electrons. The summed E-state index contributed by atoms with van der Waals surface area (Å²) in [5, 5.41) is 2.83. The fourth-order valence-electron chi connectivity index (χ4n) is 3.91. The molecule has 2 aliphatic rings. The van der Waals surface area contributed by atoms with Gasteiger partial charge in [0.25, 0.3) is 5.56 Å². The fourth-order valence-corrected chi connectivity index (χ4v) is 3.91. The minimum Gasteiger partial charge on any atom is -0.381 e. The molecule has 0 bridgehead atoms. The molecule has 6 nitrogen and oxygen atoms in total. The van der Waals surface area contributed by atoms with Gasteiger partial charge in [-0.25, -0.2) is 13.6 Å². The number of rotatable bonds is 2. The molecule has 0 saturated carbocycles. The number of nitrogens with zero attached hydrogens (tertiary/aromatic N) is 1. The summed E-state index contributed by atoms with van der Waals surface area (Å²) in [5.74, 6) is -0.352. The normalized spacial score (nSPS) is 22.9. The van der Waals surface area contributed by atoms with Crippen molar-refractivity contribution in [2.75, 3.05) is 18.5 Å². The van der Waals surface area contributed by atoms with Crippen LogP contribution in [0.2, 0.25) is 0 Å². The molecule has 27 heavy (non-hydrogen) atoms. The highest BCUT2D eigenvalue weighted by atomic mass is 19.1. The van der Waals surface area contributed by atoms with Crippen molar-refractivity contribution in [1.82, 2.24) is 9.55 Å². The van der Waals surface area contributed by atoms with E-state index in [-0.39, 0.29) is 29.4 Å². The molecule has 0 aliphatic carbocycles. The first-order valence-corrected chi connectivity index (χ1v) is 9.08. The Morgan fingerprint density at radius 2 is 1.96 bits per heavy atom. The number of aromatic nitrogens is 2. The second-order valence-corrected chi connectivity index (χ2v) is 7.17. The summed E-state index contributed by atoms with van der Waals surface area (Å²) in [7, 11) is 0. The molecule has 0 unspecified atom stereocenters. The van der Waals surface area contributed by atoms with Gasteiger partial charge in [0.1, 0.15) is 17.8 Å². The van der Waals surface area contributed by atoms with E-state index >= 15 is 0 Å². The van der Waals surface area contributed by atoms with Crippen LogP contribution >= 0.6 is 0 Å². The topological polar surface area (TPSA) is 76.1 Å². The lowest BCUT2D eigenvalue weighted by Gasteiger charge is -2.31. The Kier molecular flexibility index (Phi) is 4.59. The second-order valence-electron chi connectivity index (χ2n) is 7.17. The Morgan fingerprint density at radius 3 is 2.70 bits per heavy atom. The number of aryl methyl sites for hydroxylation is 1. The number of benzene rings is 1. The average molecular weight is 377 g/mol. The van der Waals surface area contributed by atoms with Gasteiger partial charge >= 0.3 is 5.69 Å². The molecule has 2 atom stereocenters. The Morgan fingerprint density at radius 1 is 1.22 bits per heavy atom. The van der Waals surface area contributed by atoms with Gasteiger partial charge in [0.15, 0.2) is 0 Å². The van der Waals surface area contributed by atoms with Crippen molar-refractivity contribution in [2.45, 2.75) is 44.4 Å². The van der Waals surface area contributed by atoms with E-state index in [9.17, 15) is 18.4 Å². The Hall–Kier alpha value is -2.48. The Labute approximate surface area is 154 Å². The molecular formula is C19H21F2N3O3. The number of nitrogens with one attached hydrogen (secondary N) is 2. The Bertz CT molecular complexity index is 979. The van der Waals surface area contributed by atoms with Gasteiger partial charge in [-0.2, -0.15) is 0 Å². The number of H-pyrrole nitrogens is 1. The lowest BCUT2D eigenvalue weighted by molar-refractivity contribution is 0.0673. The number of alkyl halides is 1. The van der Waals surface area contributed by atoms with E-state index in [1.165, 1.54) is 10.6 Å². The molecule has 2 aromatic rings. The summed E-state index contributed by atoms with van der Waals surface area (Å²) in [6.45, 7) is 2.75. The quantitative estimate of drug-likeness (QED) is 0.843. The summed E-state index contributed by atoms with van der Waals surface area (Å²) >= 11 is 0. The molecule has 1 saturated heterocycles. The third-order valence-corrected chi connectivity index (χ3v) is 5.33. The number of hydrogen-bond acceptors (Lipinski definition) is 4. The summed E-state index contributed by atoms with van der Waals surface area (Å²) in [5.41, 5.74) is 0.146. The van der Waals surface area contributed by atoms with Crippen LogP contribution in [0.1, 0.15) is 41.6 Å². The van der Waals surface area contributed by atoms with Crippen LogP contribution in [-0.2, 0) is 11.2 Å². The minimum atomic E-state index is -1.49. The third-order valence-electron chi connectivity index (χ3n) is 5.33. The number of ether oxygens (including phenoxy) is 1. The molecule has 3 heterocycles. The van der Waals surface area contributed by atoms with Gasteiger partial charge in [0.2, 0.25) is 0 Å². The molecule has 1 aromatic carbocycles. The first kappa shape index (κ1) is 17.9. The van der Waals surface area contributed by atoms with Crippen molar-refractivity contribution >= 4 is 5.82 Å². The number of hydrogen-bond donors (Lipinski definition) is 2. The maximum absolute atomic E-state index is 14.9. The zero-order valence-corrected chi connectivity index (χ0v) is 14.9. The predicted molar refractivity (Wildman–Crippen MR) is 96.5 cm³/mol. The Balaban J connectivity index is 1.74. The van der Waals surface area contributed by atoms with Crippen LogP contribution in [0.3, 0.4) is 0 Å². The number of halogens is 2. The molecule has 1 aromatic heterocycles. The van der Waals surface area contributed by atoms with Crippen molar-refractivity contribution in [3.8, 4) is 0 Å². The van der Waals surface area contributed by atoms with Crippen LogP contribution in [0, 0.1) is 12.7 Å². The van der Waals surface area contributed by atoms with Crippen LogP contribution in [0.25, 0.3) is 0 Å². The maximum atomic E-state index is 14.9. The van der Waals surface area contributed by atoms with Gasteiger partial charge in [-0.15, -0.1) is 0 Å². The van der Waals surface area contributed by atoms with Gasteiger partial charge in [0.05, 0.1) is 11.6 Å². The lowest BCUT2D eigenvalue weighted by Crippen LogP contribution is -2.45. The van der Waals surface area contributed by atoms with E-state index in [2.05, 4.69) is 10.3 Å². The lowest BCUT2D eigenvalue weighted by atomic mass is 9.92. The number of anilines is 1. The van der Waals surface area contributed by atoms with Gasteiger partial charge in [-0.05, 0) is 25.8 Å². The summed E-state index contributed by atoms with van der Waals surface area (Å²) in [4.78, 5) is 28.0. The zero-order valence-electron chi connectivity index (χ0n) is 14.9. The van der Waals surface area contributed by atoms with Gasteiger partial charge in [0, 0.05) is 31.2 Å². The standard InChI is InChI=1S/C19H21F2N3O3/c1-10-2-3-14(20)12(8-10)16-15(21)9-13-17(22-16)23-19(26)24(18(13)25)11-4-6-27-7-5-11/h2-3,8,11,15-16,22H,4-7,9H2,1H3,(H,23,26)/t15-,16-/m1/s1.